The summed E-state index contributed by atoms with van der Waals surface area (Å²) in [6.45, 7) is 3.21. The molecular weight excluding hydrogens is 483 g/mol. The summed E-state index contributed by atoms with van der Waals surface area (Å²) in [6.07, 6.45) is 0. The van der Waals surface area contributed by atoms with Crippen molar-refractivity contribution in [2.45, 2.75) is 13.5 Å². The Kier molecular flexibility index (Phi) is 8.00. The predicted octanol–water partition coefficient (Wildman–Crippen LogP) is 2.58. The molecule has 0 spiro atoms. The van der Waals surface area contributed by atoms with E-state index in [2.05, 4.69) is 15.6 Å². The van der Waals surface area contributed by atoms with Crippen molar-refractivity contribution in [3.8, 4) is 5.75 Å². The lowest BCUT2D eigenvalue weighted by Crippen LogP contribution is -2.42. The Balaban J connectivity index is 0.00000300. The number of nitrogens with one attached hydrogen (secondary N) is 2. The van der Waals surface area contributed by atoms with Crippen molar-refractivity contribution < 1.29 is 14.3 Å². The molecular formula is C21H25IN4O3. The monoisotopic (exact) mass is 508 g/mol. The molecule has 3 rings (SSSR count). The minimum atomic E-state index is -0.255. The van der Waals surface area contributed by atoms with Gasteiger partial charge in [0, 0.05) is 32.2 Å². The Bertz CT molecular complexity index is 895. The molecule has 2 aromatic carbocycles. The van der Waals surface area contributed by atoms with Crippen LogP contribution in [0.5, 0.6) is 5.75 Å². The van der Waals surface area contributed by atoms with Crippen molar-refractivity contribution in [3.63, 3.8) is 0 Å². The standard InChI is InChI=1S/C21H24N4O3.HI/c1-14-8-9-15(18(12-14)28-3)13-24-21(22-2)23-10-11-25-19(26)16-6-4-5-7-17(16)20(25)27;/h4-9,12H,10-11,13H2,1-3H3,(H2,22,23,24);1H. The number of hydrogen-bond donors (Lipinski definition) is 2. The molecule has 29 heavy (non-hydrogen) atoms. The molecule has 1 aliphatic heterocycles. The van der Waals surface area contributed by atoms with Gasteiger partial charge < -0.3 is 15.4 Å². The number of ether oxygens (including phenoxy) is 1. The van der Waals surface area contributed by atoms with Gasteiger partial charge in [-0.05, 0) is 30.7 Å². The van der Waals surface area contributed by atoms with Crippen LogP contribution in [-0.2, 0) is 6.54 Å². The van der Waals surface area contributed by atoms with E-state index in [1.54, 1.807) is 38.4 Å². The highest BCUT2D eigenvalue weighted by Gasteiger charge is 2.34. The lowest BCUT2D eigenvalue weighted by atomic mass is 10.1. The first-order valence-corrected chi connectivity index (χ1v) is 9.08. The van der Waals surface area contributed by atoms with Gasteiger partial charge in [0.2, 0.25) is 0 Å². The Hall–Kier alpha value is -2.62. The van der Waals surface area contributed by atoms with Crippen LogP contribution in [0.25, 0.3) is 0 Å². The average molecular weight is 508 g/mol. The molecule has 1 heterocycles. The van der Waals surface area contributed by atoms with E-state index in [9.17, 15) is 9.59 Å². The van der Waals surface area contributed by atoms with Crippen LogP contribution in [0, 0.1) is 6.92 Å². The molecule has 8 heteroatoms. The van der Waals surface area contributed by atoms with Crippen LogP contribution < -0.4 is 15.4 Å². The van der Waals surface area contributed by atoms with E-state index >= 15 is 0 Å². The highest BCUT2D eigenvalue weighted by molar-refractivity contribution is 14.0. The number of aryl methyl sites for hydroxylation is 1. The number of carbonyl (C=O) groups is 2. The first-order valence-electron chi connectivity index (χ1n) is 9.08. The number of amides is 2. The lowest BCUT2D eigenvalue weighted by molar-refractivity contribution is 0.0657. The van der Waals surface area contributed by atoms with E-state index in [-0.39, 0.29) is 42.3 Å². The Morgan fingerprint density at radius 3 is 2.31 bits per heavy atom. The largest absolute Gasteiger partial charge is 0.496 e. The lowest BCUT2D eigenvalue weighted by Gasteiger charge is -2.17. The van der Waals surface area contributed by atoms with Crippen molar-refractivity contribution in [1.29, 1.82) is 0 Å². The van der Waals surface area contributed by atoms with E-state index in [1.165, 1.54) is 4.90 Å². The average Bonchev–Trinajstić information content (AvgIpc) is 2.96. The van der Waals surface area contributed by atoms with Crippen LogP contribution in [0.2, 0.25) is 0 Å². The summed E-state index contributed by atoms with van der Waals surface area (Å²) in [4.78, 5) is 30.2. The van der Waals surface area contributed by atoms with Crippen molar-refractivity contribution >= 4 is 41.8 Å². The third-order valence-electron chi connectivity index (χ3n) is 4.62. The smallest absolute Gasteiger partial charge is 0.261 e. The molecule has 0 atom stereocenters. The summed E-state index contributed by atoms with van der Waals surface area (Å²) in [5.41, 5.74) is 3.06. The SMILES string of the molecule is CN=C(NCCN1C(=O)c2ccccc2C1=O)NCc1ccc(C)cc1OC.I. The second kappa shape index (κ2) is 10.2. The van der Waals surface area contributed by atoms with E-state index < -0.39 is 0 Å². The minimum absolute atomic E-state index is 0. The molecule has 1 aliphatic rings. The second-order valence-electron chi connectivity index (χ2n) is 6.48. The van der Waals surface area contributed by atoms with Gasteiger partial charge in [0.05, 0.1) is 18.2 Å². The van der Waals surface area contributed by atoms with Gasteiger partial charge in [-0.1, -0.05) is 24.3 Å². The number of methoxy groups -OCH3 is 1. The number of fused-ring (bicyclic) bond motifs is 1. The molecule has 0 aliphatic carbocycles. The number of guanidine groups is 1. The van der Waals surface area contributed by atoms with Gasteiger partial charge in [-0.25, -0.2) is 0 Å². The van der Waals surface area contributed by atoms with Crippen LogP contribution in [0.15, 0.2) is 47.5 Å². The van der Waals surface area contributed by atoms with Crippen LogP contribution in [0.3, 0.4) is 0 Å². The van der Waals surface area contributed by atoms with Crippen LogP contribution in [0.4, 0.5) is 0 Å². The first-order chi connectivity index (χ1) is 13.5. The number of hydrogen-bond acceptors (Lipinski definition) is 4. The second-order valence-corrected chi connectivity index (χ2v) is 6.48. The molecule has 0 fully saturated rings. The van der Waals surface area contributed by atoms with Gasteiger partial charge in [0.25, 0.3) is 11.8 Å². The maximum atomic E-state index is 12.4. The van der Waals surface area contributed by atoms with E-state index in [4.69, 9.17) is 4.74 Å². The minimum Gasteiger partial charge on any atom is -0.496 e. The molecule has 0 aromatic heterocycles. The Labute approximate surface area is 187 Å². The topological polar surface area (TPSA) is 83.0 Å². The quantitative estimate of drug-likeness (QED) is 0.272. The zero-order valence-corrected chi connectivity index (χ0v) is 19.0. The van der Waals surface area contributed by atoms with Gasteiger partial charge in [-0.3, -0.25) is 19.5 Å². The zero-order chi connectivity index (χ0) is 20.1. The van der Waals surface area contributed by atoms with Crippen molar-refractivity contribution in [2.24, 2.45) is 4.99 Å². The third kappa shape index (κ3) is 5.06. The number of rotatable bonds is 6. The Morgan fingerprint density at radius 1 is 1.07 bits per heavy atom. The summed E-state index contributed by atoms with van der Waals surface area (Å²) < 4.78 is 5.41. The number of carbonyl (C=O) groups excluding carboxylic acids is 2. The van der Waals surface area contributed by atoms with E-state index in [0.29, 0.717) is 30.2 Å². The summed E-state index contributed by atoms with van der Waals surface area (Å²) in [7, 11) is 3.32. The molecule has 0 saturated carbocycles. The normalized spacial score (nSPS) is 13.1. The van der Waals surface area contributed by atoms with Gasteiger partial charge in [-0.15, -0.1) is 24.0 Å². The fourth-order valence-electron chi connectivity index (χ4n) is 3.13. The number of benzene rings is 2. The molecule has 0 bridgehead atoms. The van der Waals surface area contributed by atoms with Gasteiger partial charge in [-0.2, -0.15) is 0 Å². The van der Waals surface area contributed by atoms with Gasteiger partial charge >= 0.3 is 0 Å². The highest BCUT2D eigenvalue weighted by atomic mass is 127. The van der Waals surface area contributed by atoms with Gasteiger partial charge in [0.15, 0.2) is 5.96 Å². The Morgan fingerprint density at radius 2 is 1.72 bits per heavy atom. The van der Waals surface area contributed by atoms with Crippen LogP contribution >= 0.6 is 24.0 Å². The number of aliphatic imine (C=N–C) groups is 1. The summed E-state index contributed by atoms with van der Waals surface area (Å²) in [6, 6.07) is 12.9. The summed E-state index contributed by atoms with van der Waals surface area (Å²) in [5.74, 6) is 0.887. The number of halogens is 1. The predicted molar refractivity (Wildman–Crippen MR) is 123 cm³/mol. The molecule has 154 valence electrons. The van der Waals surface area contributed by atoms with E-state index in [1.807, 2.05) is 25.1 Å². The first kappa shape index (κ1) is 22.7. The van der Waals surface area contributed by atoms with Crippen molar-refractivity contribution in [1.82, 2.24) is 15.5 Å². The molecule has 0 unspecified atom stereocenters. The molecule has 2 N–H and O–H groups in total. The fourth-order valence-corrected chi connectivity index (χ4v) is 3.13. The molecule has 2 aromatic rings. The summed E-state index contributed by atoms with van der Waals surface area (Å²) in [5, 5.41) is 6.35. The fraction of sp³-hybridized carbons (Fsp3) is 0.286. The summed E-state index contributed by atoms with van der Waals surface area (Å²) >= 11 is 0. The zero-order valence-electron chi connectivity index (χ0n) is 16.7. The van der Waals surface area contributed by atoms with Crippen LogP contribution in [-0.4, -0.2) is 49.9 Å². The number of nitrogens with zero attached hydrogens (tertiary/aromatic N) is 2. The molecule has 2 amide bonds. The maximum absolute atomic E-state index is 12.4. The van der Waals surface area contributed by atoms with Crippen molar-refractivity contribution in [2.75, 3.05) is 27.2 Å². The van der Waals surface area contributed by atoms with Gasteiger partial charge in [0.1, 0.15) is 5.75 Å². The molecule has 0 radical (unpaired) electrons. The highest BCUT2D eigenvalue weighted by Crippen LogP contribution is 2.22. The molecule has 0 saturated heterocycles. The third-order valence-corrected chi connectivity index (χ3v) is 4.62. The maximum Gasteiger partial charge on any atom is 0.261 e. The van der Waals surface area contributed by atoms with Crippen molar-refractivity contribution in [3.05, 3.63) is 64.7 Å². The molecule has 7 nitrogen and oxygen atoms in total. The van der Waals surface area contributed by atoms with Crippen LogP contribution in [0.1, 0.15) is 31.8 Å². The number of imide groups is 1. The van der Waals surface area contributed by atoms with E-state index in [0.717, 1.165) is 16.9 Å².